The van der Waals surface area contributed by atoms with Crippen molar-refractivity contribution in [1.82, 2.24) is 15.3 Å². The van der Waals surface area contributed by atoms with Crippen molar-refractivity contribution in [3.05, 3.63) is 63.3 Å². The zero-order chi connectivity index (χ0) is 13.0. The minimum atomic E-state index is -0.482. The number of aromatic nitrogens is 2. The quantitative estimate of drug-likeness (QED) is 0.878. The first-order chi connectivity index (χ1) is 8.66. The Kier molecular flexibility index (Phi) is 3.74. The van der Waals surface area contributed by atoms with Crippen molar-refractivity contribution < 1.29 is 4.79 Å². The van der Waals surface area contributed by atoms with Crippen LogP contribution in [0.2, 0.25) is 5.02 Å². The zero-order valence-electron chi connectivity index (χ0n) is 9.31. The van der Waals surface area contributed by atoms with Crippen LogP contribution in [-0.2, 0) is 6.54 Å². The molecule has 0 radical (unpaired) electrons. The minimum absolute atomic E-state index is 0.0153. The summed E-state index contributed by atoms with van der Waals surface area (Å²) < 4.78 is 0. The van der Waals surface area contributed by atoms with Gasteiger partial charge in [0.25, 0.3) is 11.5 Å². The van der Waals surface area contributed by atoms with E-state index in [1.807, 2.05) is 6.07 Å². The van der Waals surface area contributed by atoms with Crippen LogP contribution in [0, 0.1) is 0 Å². The third-order valence-corrected chi connectivity index (χ3v) is 2.49. The Morgan fingerprint density at radius 2 is 2.28 bits per heavy atom. The highest BCUT2D eigenvalue weighted by molar-refractivity contribution is 6.30. The lowest BCUT2D eigenvalue weighted by atomic mass is 10.2. The van der Waals surface area contributed by atoms with E-state index in [1.165, 1.54) is 12.3 Å². The maximum Gasteiger partial charge on any atom is 0.260 e. The number of hydrogen-bond acceptors (Lipinski definition) is 3. The average molecular weight is 264 g/mol. The summed E-state index contributed by atoms with van der Waals surface area (Å²) in [5.74, 6) is -0.482. The summed E-state index contributed by atoms with van der Waals surface area (Å²) in [6, 6.07) is 6.71. The maximum absolute atomic E-state index is 11.8. The minimum Gasteiger partial charge on any atom is -0.346 e. The average Bonchev–Trinajstić information content (AvgIpc) is 2.40. The SMILES string of the molecule is O=C(NCc1ccccn1)c1cc(Cl)c[nH]c1=O. The molecule has 0 aliphatic rings. The molecule has 2 N–H and O–H groups in total. The van der Waals surface area contributed by atoms with Crippen LogP contribution in [0.5, 0.6) is 0 Å². The molecule has 0 bridgehead atoms. The van der Waals surface area contributed by atoms with Gasteiger partial charge >= 0.3 is 0 Å². The first-order valence-electron chi connectivity index (χ1n) is 5.23. The number of amides is 1. The Labute approximate surface area is 108 Å². The zero-order valence-corrected chi connectivity index (χ0v) is 10.1. The van der Waals surface area contributed by atoms with Crippen LogP contribution in [0.25, 0.3) is 0 Å². The van der Waals surface area contributed by atoms with Gasteiger partial charge in [0, 0.05) is 12.4 Å². The number of H-pyrrole nitrogens is 1. The first kappa shape index (κ1) is 12.3. The van der Waals surface area contributed by atoms with Gasteiger partial charge in [0.05, 0.1) is 17.3 Å². The van der Waals surface area contributed by atoms with Gasteiger partial charge in [-0.3, -0.25) is 14.6 Å². The molecule has 2 aromatic rings. The second kappa shape index (κ2) is 5.46. The molecule has 6 heteroatoms. The predicted molar refractivity (Wildman–Crippen MR) is 67.5 cm³/mol. The van der Waals surface area contributed by atoms with Crippen LogP contribution in [0.4, 0.5) is 0 Å². The largest absolute Gasteiger partial charge is 0.346 e. The highest BCUT2D eigenvalue weighted by atomic mass is 35.5. The fourth-order valence-corrected chi connectivity index (χ4v) is 1.56. The molecule has 0 saturated carbocycles. The Bertz CT molecular complexity index is 610. The second-order valence-electron chi connectivity index (χ2n) is 3.56. The number of carbonyl (C=O) groups is 1. The van der Waals surface area contributed by atoms with Crippen LogP contribution in [0.1, 0.15) is 16.1 Å². The Hall–Kier alpha value is -2.14. The molecular weight excluding hydrogens is 254 g/mol. The van der Waals surface area contributed by atoms with Crippen molar-refractivity contribution in [3.63, 3.8) is 0 Å². The van der Waals surface area contributed by atoms with Crippen LogP contribution < -0.4 is 10.9 Å². The van der Waals surface area contributed by atoms with Gasteiger partial charge in [-0.15, -0.1) is 0 Å². The van der Waals surface area contributed by atoms with Crippen molar-refractivity contribution in [2.75, 3.05) is 0 Å². The maximum atomic E-state index is 11.8. The molecule has 2 aromatic heterocycles. The van der Waals surface area contributed by atoms with E-state index in [-0.39, 0.29) is 12.1 Å². The van der Waals surface area contributed by atoms with E-state index in [1.54, 1.807) is 18.3 Å². The van der Waals surface area contributed by atoms with E-state index >= 15 is 0 Å². The number of nitrogens with one attached hydrogen (secondary N) is 2. The lowest BCUT2D eigenvalue weighted by Gasteiger charge is -2.04. The summed E-state index contributed by atoms with van der Waals surface area (Å²) in [6.07, 6.45) is 2.97. The van der Waals surface area contributed by atoms with Gasteiger partial charge in [0.2, 0.25) is 0 Å². The molecule has 0 aliphatic heterocycles. The summed E-state index contributed by atoms with van der Waals surface area (Å²) in [5.41, 5.74) is 0.223. The van der Waals surface area contributed by atoms with Crippen molar-refractivity contribution in [3.8, 4) is 0 Å². The van der Waals surface area contributed by atoms with Crippen molar-refractivity contribution in [2.24, 2.45) is 0 Å². The van der Waals surface area contributed by atoms with E-state index in [4.69, 9.17) is 11.6 Å². The lowest BCUT2D eigenvalue weighted by Crippen LogP contribution is -2.29. The van der Waals surface area contributed by atoms with Gasteiger partial charge in [-0.25, -0.2) is 0 Å². The molecule has 0 spiro atoms. The van der Waals surface area contributed by atoms with Crippen molar-refractivity contribution in [2.45, 2.75) is 6.54 Å². The third-order valence-electron chi connectivity index (χ3n) is 2.27. The molecule has 0 aromatic carbocycles. The van der Waals surface area contributed by atoms with Crippen LogP contribution in [0.15, 0.2) is 41.5 Å². The summed E-state index contributed by atoms with van der Waals surface area (Å²) >= 11 is 5.72. The normalized spacial score (nSPS) is 10.1. The van der Waals surface area contributed by atoms with E-state index in [0.29, 0.717) is 10.7 Å². The highest BCUT2D eigenvalue weighted by Gasteiger charge is 2.10. The molecule has 0 unspecified atom stereocenters. The second-order valence-corrected chi connectivity index (χ2v) is 4.00. The molecule has 18 heavy (non-hydrogen) atoms. The Morgan fingerprint density at radius 3 is 3.00 bits per heavy atom. The smallest absolute Gasteiger partial charge is 0.260 e. The number of hydrogen-bond donors (Lipinski definition) is 2. The van der Waals surface area contributed by atoms with Gasteiger partial charge in [-0.05, 0) is 18.2 Å². The van der Waals surface area contributed by atoms with E-state index in [2.05, 4.69) is 15.3 Å². The molecular formula is C12H10ClN3O2. The van der Waals surface area contributed by atoms with Gasteiger partial charge < -0.3 is 10.3 Å². The molecule has 0 aliphatic carbocycles. The van der Waals surface area contributed by atoms with Crippen LogP contribution >= 0.6 is 11.6 Å². The van der Waals surface area contributed by atoms with Gasteiger partial charge in [-0.1, -0.05) is 17.7 Å². The van der Waals surface area contributed by atoms with Gasteiger partial charge in [0.1, 0.15) is 5.56 Å². The fourth-order valence-electron chi connectivity index (χ4n) is 1.39. The Morgan fingerprint density at radius 1 is 1.44 bits per heavy atom. The number of nitrogens with zero attached hydrogens (tertiary/aromatic N) is 1. The van der Waals surface area contributed by atoms with E-state index < -0.39 is 11.5 Å². The molecule has 0 fully saturated rings. The fraction of sp³-hybridized carbons (Fsp3) is 0.0833. The standard InChI is InChI=1S/C12H10ClN3O2/c13-8-5-10(11(17)15-6-8)12(18)16-7-9-3-1-2-4-14-9/h1-6H,7H2,(H,15,17)(H,16,18). The van der Waals surface area contributed by atoms with Gasteiger partial charge in [0.15, 0.2) is 0 Å². The van der Waals surface area contributed by atoms with Crippen LogP contribution in [-0.4, -0.2) is 15.9 Å². The number of carbonyl (C=O) groups excluding carboxylic acids is 1. The topological polar surface area (TPSA) is 74.8 Å². The molecule has 0 atom stereocenters. The molecule has 1 amide bonds. The van der Waals surface area contributed by atoms with Crippen LogP contribution in [0.3, 0.4) is 0 Å². The third kappa shape index (κ3) is 2.95. The molecule has 2 rings (SSSR count). The summed E-state index contributed by atoms with van der Waals surface area (Å²) in [7, 11) is 0. The predicted octanol–water partition coefficient (Wildman–Crippen LogP) is 1.35. The van der Waals surface area contributed by atoms with Gasteiger partial charge in [-0.2, -0.15) is 0 Å². The highest BCUT2D eigenvalue weighted by Crippen LogP contribution is 2.05. The lowest BCUT2D eigenvalue weighted by molar-refractivity contribution is 0.0949. The summed E-state index contributed by atoms with van der Waals surface area (Å²) in [4.78, 5) is 29.6. The van der Waals surface area contributed by atoms with Crippen molar-refractivity contribution in [1.29, 1.82) is 0 Å². The molecule has 5 nitrogen and oxygen atoms in total. The van der Waals surface area contributed by atoms with E-state index in [0.717, 1.165) is 0 Å². The number of aromatic amines is 1. The number of halogens is 1. The monoisotopic (exact) mass is 263 g/mol. The van der Waals surface area contributed by atoms with Crippen molar-refractivity contribution >= 4 is 17.5 Å². The first-order valence-corrected chi connectivity index (χ1v) is 5.61. The molecule has 2 heterocycles. The summed E-state index contributed by atoms with van der Waals surface area (Å²) in [5, 5.41) is 2.91. The number of rotatable bonds is 3. The van der Waals surface area contributed by atoms with E-state index in [9.17, 15) is 9.59 Å². The molecule has 0 saturated heterocycles. The molecule has 92 valence electrons. The summed E-state index contributed by atoms with van der Waals surface area (Å²) in [6.45, 7) is 0.256. The number of pyridine rings is 2. The Balaban J connectivity index is 2.09.